The monoisotopic (exact) mass is 401 g/mol. The topological polar surface area (TPSA) is 64.6 Å². The van der Waals surface area contributed by atoms with E-state index in [4.69, 9.17) is 9.47 Å². The van der Waals surface area contributed by atoms with Crippen LogP contribution < -0.4 is 10.1 Å². The average Bonchev–Trinajstić information content (AvgIpc) is 2.81. The van der Waals surface area contributed by atoms with Crippen LogP contribution in [0.5, 0.6) is 5.75 Å². The molecular weight excluding hydrogens is 378 g/mol. The maximum absolute atomic E-state index is 12.4. The fourth-order valence-electron chi connectivity index (χ4n) is 2.85. The normalized spacial score (nSPS) is 11.6. The lowest BCUT2D eigenvalue weighted by Crippen LogP contribution is -2.33. The summed E-state index contributed by atoms with van der Waals surface area (Å²) in [5.41, 5.74) is 2.54. The lowest BCUT2D eigenvalue weighted by atomic mass is 10.1. The molecule has 5 nitrogen and oxygen atoms in total. The summed E-state index contributed by atoms with van der Waals surface area (Å²) in [6.45, 7) is 0.465. The molecule has 0 spiro atoms. The summed E-state index contributed by atoms with van der Waals surface area (Å²) in [5, 5.41) is 2.68. The highest BCUT2D eigenvalue weighted by molar-refractivity contribution is 5.95. The highest BCUT2D eigenvalue weighted by Crippen LogP contribution is 2.17. The number of carbonyl (C=O) groups is 2. The van der Waals surface area contributed by atoms with E-state index in [0.717, 1.165) is 11.1 Å². The zero-order valence-corrected chi connectivity index (χ0v) is 16.7. The summed E-state index contributed by atoms with van der Waals surface area (Å²) in [6, 6.07) is 25.4. The molecule has 0 radical (unpaired) electrons. The van der Waals surface area contributed by atoms with E-state index in [2.05, 4.69) is 5.32 Å². The van der Waals surface area contributed by atoms with Crippen molar-refractivity contribution in [2.75, 3.05) is 7.11 Å². The molecule has 30 heavy (non-hydrogen) atoms. The van der Waals surface area contributed by atoms with Crippen LogP contribution in [0.4, 0.5) is 0 Å². The van der Waals surface area contributed by atoms with Crippen LogP contribution in [0.3, 0.4) is 0 Å². The number of ether oxygens (including phenoxy) is 2. The molecule has 0 saturated carbocycles. The van der Waals surface area contributed by atoms with Crippen molar-refractivity contribution < 1.29 is 19.1 Å². The zero-order chi connectivity index (χ0) is 21.2. The van der Waals surface area contributed by atoms with Crippen LogP contribution in [0.1, 0.15) is 22.7 Å². The second-order valence-corrected chi connectivity index (χ2v) is 6.56. The lowest BCUT2D eigenvalue weighted by Gasteiger charge is -2.15. The average molecular weight is 401 g/mol. The first-order chi connectivity index (χ1) is 14.7. The quantitative estimate of drug-likeness (QED) is 0.451. The Morgan fingerprint density at radius 1 is 0.933 bits per heavy atom. The minimum absolute atomic E-state index is 0.398. The SMILES string of the molecule is COC(=O)C(NC(=O)C=Cc1cccc(OCc2ccccc2)c1)c1ccccc1. The summed E-state index contributed by atoms with van der Waals surface area (Å²) in [5.74, 6) is -0.220. The highest BCUT2D eigenvalue weighted by atomic mass is 16.5. The van der Waals surface area contributed by atoms with Gasteiger partial charge in [0.2, 0.25) is 5.91 Å². The first-order valence-electron chi connectivity index (χ1n) is 9.54. The third-order valence-corrected chi connectivity index (χ3v) is 4.39. The Hall–Kier alpha value is -3.86. The van der Waals surface area contributed by atoms with Crippen molar-refractivity contribution >= 4 is 18.0 Å². The smallest absolute Gasteiger partial charge is 0.333 e. The summed E-state index contributed by atoms with van der Waals surface area (Å²) in [6.07, 6.45) is 3.05. The molecule has 0 aromatic heterocycles. The molecule has 0 aliphatic rings. The van der Waals surface area contributed by atoms with Gasteiger partial charge in [-0.15, -0.1) is 0 Å². The summed E-state index contributed by atoms with van der Waals surface area (Å²) < 4.78 is 10.6. The third-order valence-electron chi connectivity index (χ3n) is 4.39. The molecule has 0 aliphatic carbocycles. The molecule has 1 N–H and O–H groups in total. The van der Waals surface area contributed by atoms with E-state index in [1.165, 1.54) is 13.2 Å². The van der Waals surface area contributed by atoms with E-state index in [1.54, 1.807) is 30.3 Å². The Bertz CT molecular complexity index is 1000. The highest BCUT2D eigenvalue weighted by Gasteiger charge is 2.22. The maximum Gasteiger partial charge on any atom is 0.333 e. The minimum Gasteiger partial charge on any atom is -0.489 e. The van der Waals surface area contributed by atoms with E-state index in [0.29, 0.717) is 17.9 Å². The largest absolute Gasteiger partial charge is 0.489 e. The van der Waals surface area contributed by atoms with Crippen molar-refractivity contribution in [1.82, 2.24) is 5.32 Å². The summed E-state index contributed by atoms with van der Waals surface area (Å²) >= 11 is 0. The zero-order valence-electron chi connectivity index (χ0n) is 16.7. The molecule has 3 rings (SSSR count). The molecule has 0 heterocycles. The molecule has 0 aliphatic heterocycles. The molecule has 1 amide bonds. The Kier molecular flexibility index (Phi) is 7.39. The number of hydrogen-bond acceptors (Lipinski definition) is 4. The van der Waals surface area contributed by atoms with Gasteiger partial charge in [-0.05, 0) is 34.9 Å². The number of amides is 1. The Morgan fingerprint density at radius 3 is 2.33 bits per heavy atom. The van der Waals surface area contributed by atoms with E-state index in [1.807, 2.05) is 60.7 Å². The number of nitrogens with one attached hydrogen (secondary N) is 1. The van der Waals surface area contributed by atoms with Gasteiger partial charge in [-0.25, -0.2) is 4.79 Å². The standard InChI is InChI=1S/C25H23NO4/c1-29-25(28)24(21-12-6-3-7-13-21)26-23(27)16-15-19-11-8-14-22(17-19)30-18-20-9-4-2-5-10-20/h2-17,24H,18H2,1H3,(H,26,27). The van der Waals surface area contributed by atoms with Crippen LogP contribution in [0.25, 0.3) is 6.08 Å². The molecule has 0 bridgehead atoms. The van der Waals surface area contributed by atoms with Gasteiger partial charge >= 0.3 is 5.97 Å². The van der Waals surface area contributed by atoms with Crippen LogP contribution in [-0.2, 0) is 20.9 Å². The molecule has 0 fully saturated rings. The van der Waals surface area contributed by atoms with Crippen LogP contribution in [0, 0.1) is 0 Å². The Labute approximate surface area is 176 Å². The van der Waals surface area contributed by atoms with Crippen molar-refractivity contribution in [3.8, 4) is 5.75 Å². The first kappa shape index (κ1) is 20.9. The van der Waals surface area contributed by atoms with Crippen LogP contribution in [0.2, 0.25) is 0 Å². The predicted molar refractivity (Wildman–Crippen MR) is 116 cm³/mol. The number of hydrogen-bond donors (Lipinski definition) is 1. The molecule has 3 aromatic rings. The van der Waals surface area contributed by atoms with Crippen LogP contribution in [0.15, 0.2) is 91.0 Å². The number of rotatable bonds is 8. The van der Waals surface area contributed by atoms with Gasteiger partial charge in [0.1, 0.15) is 12.4 Å². The molecule has 152 valence electrons. The number of carbonyl (C=O) groups excluding carboxylic acids is 2. The molecule has 1 unspecified atom stereocenters. The predicted octanol–water partition coefficient (Wildman–Crippen LogP) is 4.31. The molecular formula is C25H23NO4. The van der Waals surface area contributed by atoms with Gasteiger partial charge in [0.05, 0.1) is 7.11 Å². The van der Waals surface area contributed by atoms with E-state index in [9.17, 15) is 9.59 Å². The van der Waals surface area contributed by atoms with Gasteiger partial charge in [0, 0.05) is 6.08 Å². The van der Waals surface area contributed by atoms with E-state index >= 15 is 0 Å². The van der Waals surface area contributed by atoms with Crippen LogP contribution >= 0.6 is 0 Å². The minimum atomic E-state index is -0.867. The molecule has 3 aromatic carbocycles. The number of esters is 1. The maximum atomic E-state index is 12.4. The van der Waals surface area contributed by atoms with Crippen molar-refractivity contribution in [1.29, 1.82) is 0 Å². The van der Waals surface area contributed by atoms with Crippen molar-refractivity contribution in [3.05, 3.63) is 108 Å². The Balaban J connectivity index is 1.63. The lowest BCUT2D eigenvalue weighted by molar-refractivity contribution is -0.144. The van der Waals surface area contributed by atoms with Gasteiger partial charge in [-0.3, -0.25) is 4.79 Å². The second kappa shape index (κ2) is 10.6. The second-order valence-electron chi connectivity index (χ2n) is 6.56. The van der Waals surface area contributed by atoms with E-state index < -0.39 is 17.9 Å². The third kappa shape index (κ3) is 6.07. The molecule has 5 heteroatoms. The summed E-state index contributed by atoms with van der Waals surface area (Å²) in [7, 11) is 1.29. The van der Waals surface area contributed by atoms with Crippen molar-refractivity contribution in [2.24, 2.45) is 0 Å². The number of methoxy groups -OCH3 is 1. The van der Waals surface area contributed by atoms with Gasteiger partial charge in [0.15, 0.2) is 6.04 Å². The van der Waals surface area contributed by atoms with Crippen molar-refractivity contribution in [3.63, 3.8) is 0 Å². The van der Waals surface area contributed by atoms with Crippen molar-refractivity contribution in [2.45, 2.75) is 12.6 Å². The van der Waals surface area contributed by atoms with Gasteiger partial charge in [-0.1, -0.05) is 72.8 Å². The molecule has 0 saturated heterocycles. The Morgan fingerprint density at radius 2 is 1.63 bits per heavy atom. The first-order valence-corrected chi connectivity index (χ1v) is 9.54. The van der Waals surface area contributed by atoms with Crippen LogP contribution in [-0.4, -0.2) is 19.0 Å². The van der Waals surface area contributed by atoms with E-state index in [-0.39, 0.29) is 0 Å². The van der Waals surface area contributed by atoms with Gasteiger partial charge in [-0.2, -0.15) is 0 Å². The number of benzene rings is 3. The fourth-order valence-corrected chi connectivity index (χ4v) is 2.85. The fraction of sp³-hybridized carbons (Fsp3) is 0.120. The summed E-state index contributed by atoms with van der Waals surface area (Å²) in [4.78, 5) is 24.5. The molecule has 1 atom stereocenters. The van der Waals surface area contributed by atoms with Gasteiger partial charge < -0.3 is 14.8 Å². The van der Waals surface area contributed by atoms with Gasteiger partial charge in [0.25, 0.3) is 0 Å².